The maximum Gasteiger partial charge on any atom is 0.261 e. The molecule has 2 aliphatic rings. The molecular formula is C30H32N4O4. The van der Waals surface area contributed by atoms with Crippen LogP contribution in [-0.4, -0.2) is 73.4 Å². The molecule has 8 nitrogen and oxygen atoms in total. The second kappa shape index (κ2) is 11.5. The summed E-state index contributed by atoms with van der Waals surface area (Å²) in [5, 5.41) is 3.07. The van der Waals surface area contributed by atoms with Crippen molar-refractivity contribution in [1.82, 2.24) is 15.1 Å². The van der Waals surface area contributed by atoms with E-state index in [1.807, 2.05) is 42.5 Å². The van der Waals surface area contributed by atoms with Crippen molar-refractivity contribution < 1.29 is 19.1 Å². The molecule has 1 atom stereocenters. The summed E-state index contributed by atoms with van der Waals surface area (Å²) in [4.78, 5) is 45.1. The first-order valence-corrected chi connectivity index (χ1v) is 12.9. The van der Waals surface area contributed by atoms with Crippen molar-refractivity contribution in [3.8, 4) is 5.75 Å². The second-order valence-electron chi connectivity index (χ2n) is 9.54. The Labute approximate surface area is 222 Å². The van der Waals surface area contributed by atoms with Gasteiger partial charge in [0.2, 0.25) is 5.91 Å². The second-order valence-corrected chi connectivity index (χ2v) is 9.54. The van der Waals surface area contributed by atoms with Crippen molar-refractivity contribution in [3.05, 3.63) is 95.6 Å². The van der Waals surface area contributed by atoms with Gasteiger partial charge in [-0.1, -0.05) is 42.5 Å². The lowest BCUT2D eigenvalue weighted by atomic mass is 10.1. The van der Waals surface area contributed by atoms with Gasteiger partial charge in [-0.3, -0.25) is 24.2 Å². The molecule has 1 fully saturated rings. The number of nitrogens with one attached hydrogen (secondary N) is 1. The van der Waals surface area contributed by atoms with E-state index >= 15 is 0 Å². The van der Waals surface area contributed by atoms with Crippen LogP contribution < -0.4 is 15.0 Å². The molecule has 8 heteroatoms. The largest absolute Gasteiger partial charge is 0.497 e. The Balaban J connectivity index is 1.27. The molecule has 2 aliphatic heterocycles. The van der Waals surface area contributed by atoms with Crippen LogP contribution in [0.3, 0.4) is 0 Å². The number of benzene rings is 3. The number of hydrogen-bond acceptors (Lipinski definition) is 6. The van der Waals surface area contributed by atoms with Gasteiger partial charge in [0.15, 0.2) is 0 Å². The Hall–Kier alpha value is -4.17. The Morgan fingerprint density at radius 3 is 2.05 bits per heavy atom. The zero-order chi connectivity index (χ0) is 26.5. The van der Waals surface area contributed by atoms with Gasteiger partial charge in [-0.25, -0.2) is 0 Å². The molecule has 1 N–H and O–H groups in total. The van der Waals surface area contributed by atoms with Gasteiger partial charge in [-0.2, -0.15) is 0 Å². The molecule has 0 radical (unpaired) electrons. The zero-order valence-electron chi connectivity index (χ0n) is 21.5. The number of hydrogen-bond donors (Lipinski definition) is 1. The summed E-state index contributed by atoms with van der Waals surface area (Å²) in [6.45, 7) is 3.57. The predicted molar refractivity (Wildman–Crippen MR) is 145 cm³/mol. The molecule has 0 spiro atoms. The fourth-order valence-corrected chi connectivity index (χ4v) is 5.15. The summed E-state index contributed by atoms with van der Waals surface area (Å²) in [6, 6.07) is 24.2. The number of imide groups is 1. The highest BCUT2D eigenvalue weighted by molar-refractivity contribution is 6.21. The van der Waals surface area contributed by atoms with Crippen LogP contribution in [0.4, 0.5) is 5.69 Å². The molecule has 3 aromatic rings. The Morgan fingerprint density at radius 2 is 1.45 bits per heavy atom. The first-order chi connectivity index (χ1) is 18.5. The molecule has 5 rings (SSSR count). The number of ether oxygens (including phenoxy) is 1. The fourth-order valence-electron chi connectivity index (χ4n) is 5.15. The maximum absolute atomic E-state index is 13.5. The molecule has 3 amide bonds. The van der Waals surface area contributed by atoms with Crippen molar-refractivity contribution in [1.29, 1.82) is 0 Å². The quantitative estimate of drug-likeness (QED) is 0.444. The average molecular weight is 513 g/mol. The van der Waals surface area contributed by atoms with Crippen molar-refractivity contribution in [2.24, 2.45) is 0 Å². The fraction of sp³-hybridized carbons (Fsp3) is 0.300. The van der Waals surface area contributed by atoms with E-state index in [0.717, 1.165) is 24.4 Å². The Bertz CT molecular complexity index is 1250. The molecule has 0 aromatic heterocycles. The van der Waals surface area contributed by atoms with Crippen LogP contribution >= 0.6 is 0 Å². The van der Waals surface area contributed by atoms with Gasteiger partial charge in [-0.15, -0.1) is 0 Å². The lowest BCUT2D eigenvalue weighted by molar-refractivity contribution is -0.127. The number of carbonyl (C=O) groups is 3. The molecule has 0 bridgehead atoms. The number of amides is 3. The van der Waals surface area contributed by atoms with Crippen LogP contribution in [0.2, 0.25) is 0 Å². The van der Waals surface area contributed by atoms with Crippen molar-refractivity contribution >= 4 is 23.4 Å². The summed E-state index contributed by atoms with van der Waals surface area (Å²) in [7, 11) is 1.62. The number of piperazine rings is 1. The smallest absolute Gasteiger partial charge is 0.261 e. The molecule has 1 saturated heterocycles. The third-order valence-corrected chi connectivity index (χ3v) is 7.31. The normalized spacial score (nSPS) is 16.3. The van der Waals surface area contributed by atoms with Gasteiger partial charge in [0.25, 0.3) is 11.8 Å². The molecule has 1 unspecified atom stereocenters. The minimum atomic E-state index is -0.463. The zero-order valence-corrected chi connectivity index (χ0v) is 21.5. The van der Waals surface area contributed by atoms with E-state index in [0.29, 0.717) is 37.2 Å². The van der Waals surface area contributed by atoms with Crippen molar-refractivity contribution in [2.75, 3.05) is 44.7 Å². The van der Waals surface area contributed by atoms with Crippen LogP contribution in [0.5, 0.6) is 5.75 Å². The molecule has 38 heavy (non-hydrogen) atoms. The molecule has 0 saturated carbocycles. The summed E-state index contributed by atoms with van der Waals surface area (Å²) < 4.78 is 5.22. The molecule has 196 valence electrons. The van der Waals surface area contributed by atoms with E-state index < -0.39 is 6.04 Å². The Morgan fingerprint density at radius 1 is 0.842 bits per heavy atom. The number of methoxy groups -OCH3 is 1. The standard InChI is InChI=1S/C30H32N4O4/c1-38-24-13-11-22(12-14-24)21-31-28(35)27(33-19-17-32(18-20-33)23-7-3-2-4-8-23)15-16-34-29(36)25-9-5-6-10-26(25)30(34)37/h2-14,27H,15-21H2,1H3,(H,31,35). The van der Waals surface area contributed by atoms with Gasteiger partial charge >= 0.3 is 0 Å². The third kappa shape index (κ3) is 5.40. The third-order valence-electron chi connectivity index (χ3n) is 7.31. The van der Waals surface area contributed by atoms with Crippen LogP contribution in [0, 0.1) is 0 Å². The van der Waals surface area contributed by atoms with E-state index in [4.69, 9.17) is 4.74 Å². The van der Waals surface area contributed by atoms with Crippen LogP contribution in [0.15, 0.2) is 78.9 Å². The van der Waals surface area contributed by atoms with E-state index in [1.54, 1.807) is 31.4 Å². The van der Waals surface area contributed by atoms with Gasteiger partial charge in [0, 0.05) is 45.0 Å². The molecule has 0 aliphatic carbocycles. The molecule has 3 aromatic carbocycles. The number of para-hydroxylation sites is 1. The van der Waals surface area contributed by atoms with Crippen molar-refractivity contribution in [3.63, 3.8) is 0 Å². The molecular weight excluding hydrogens is 480 g/mol. The van der Waals surface area contributed by atoms with E-state index in [1.165, 1.54) is 10.6 Å². The van der Waals surface area contributed by atoms with Crippen LogP contribution in [-0.2, 0) is 11.3 Å². The van der Waals surface area contributed by atoms with E-state index in [-0.39, 0.29) is 24.3 Å². The highest BCUT2D eigenvalue weighted by Gasteiger charge is 2.37. The minimum Gasteiger partial charge on any atom is -0.497 e. The lowest BCUT2D eigenvalue weighted by Crippen LogP contribution is -2.55. The van der Waals surface area contributed by atoms with E-state index in [2.05, 4.69) is 27.2 Å². The summed E-state index contributed by atoms with van der Waals surface area (Å²) in [5.74, 6) is 0.0644. The lowest BCUT2D eigenvalue weighted by Gasteiger charge is -2.40. The maximum atomic E-state index is 13.5. The number of carbonyl (C=O) groups excluding carboxylic acids is 3. The highest BCUT2D eigenvalue weighted by atomic mass is 16.5. The van der Waals surface area contributed by atoms with Crippen LogP contribution in [0.25, 0.3) is 0 Å². The summed E-state index contributed by atoms with van der Waals surface area (Å²) >= 11 is 0. The first-order valence-electron chi connectivity index (χ1n) is 12.9. The minimum absolute atomic E-state index is 0.106. The number of anilines is 1. The van der Waals surface area contributed by atoms with Gasteiger partial charge in [0.1, 0.15) is 5.75 Å². The average Bonchev–Trinajstić information content (AvgIpc) is 3.22. The predicted octanol–water partition coefficient (Wildman–Crippen LogP) is 3.19. The number of fused-ring (bicyclic) bond motifs is 1. The summed E-state index contributed by atoms with van der Waals surface area (Å²) in [5.41, 5.74) is 2.98. The SMILES string of the molecule is COc1ccc(CNC(=O)C(CCN2C(=O)c3ccccc3C2=O)N2CCN(c3ccccc3)CC2)cc1. The summed E-state index contributed by atoms with van der Waals surface area (Å²) in [6.07, 6.45) is 0.366. The van der Waals surface area contributed by atoms with E-state index in [9.17, 15) is 14.4 Å². The van der Waals surface area contributed by atoms with Crippen molar-refractivity contribution in [2.45, 2.75) is 19.0 Å². The number of nitrogens with zero attached hydrogens (tertiary/aromatic N) is 3. The number of rotatable bonds is 9. The first kappa shape index (κ1) is 25.5. The van der Waals surface area contributed by atoms with Gasteiger partial charge < -0.3 is 15.0 Å². The Kier molecular flexibility index (Phi) is 7.70. The molecule has 2 heterocycles. The topological polar surface area (TPSA) is 82.2 Å². The highest BCUT2D eigenvalue weighted by Crippen LogP contribution is 2.24. The van der Waals surface area contributed by atoms with Crippen LogP contribution in [0.1, 0.15) is 32.7 Å². The van der Waals surface area contributed by atoms with Gasteiger partial charge in [0.05, 0.1) is 24.3 Å². The van der Waals surface area contributed by atoms with Gasteiger partial charge in [-0.05, 0) is 48.4 Å². The monoisotopic (exact) mass is 512 g/mol.